The zero-order valence-corrected chi connectivity index (χ0v) is 17.1. The maximum atomic E-state index is 11.9. The molecule has 2 rings (SSSR count). The van der Waals surface area contributed by atoms with Gasteiger partial charge in [-0.2, -0.15) is 0 Å². The fourth-order valence-electron chi connectivity index (χ4n) is 3.17. The number of hydrogen-bond acceptors (Lipinski definition) is 2. The number of amides is 2. The van der Waals surface area contributed by atoms with Crippen LogP contribution in [0.4, 0.5) is 11.4 Å². The molecule has 150 valence electrons. The van der Waals surface area contributed by atoms with Crippen molar-refractivity contribution in [2.75, 3.05) is 10.6 Å². The molecule has 0 aliphatic carbocycles. The molecule has 0 spiro atoms. The van der Waals surface area contributed by atoms with Crippen LogP contribution in [0.1, 0.15) is 62.5 Å². The van der Waals surface area contributed by atoms with E-state index in [4.69, 9.17) is 0 Å². The number of carbonyl (C=O) groups excluding carboxylic acids is 2. The van der Waals surface area contributed by atoms with E-state index in [1.807, 2.05) is 62.4 Å². The summed E-state index contributed by atoms with van der Waals surface area (Å²) in [7, 11) is 0. The van der Waals surface area contributed by atoms with Crippen LogP contribution in [0.25, 0.3) is 0 Å². The first kappa shape index (κ1) is 21.7. The van der Waals surface area contributed by atoms with E-state index in [0.717, 1.165) is 61.0 Å². The molecule has 0 saturated carbocycles. The Morgan fingerprint density at radius 2 is 1.04 bits per heavy atom. The molecular formula is C24H32N2O2. The molecule has 2 N–H and O–H groups in total. The van der Waals surface area contributed by atoms with Crippen LogP contribution in [0.5, 0.6) is 0 Å². The van der Waals surface area contributed by atoms with E-state index in [2.05, 4.69) is 10.6 Å². The Morgan fingerprint density at radius 3 is 1.43 bits per heavy atom. The minimum absolute atomic E-state index is 0.0819. The van der Waals surface area contributed by atoms with E-state index in [0.29, 0.717) is 12.8 Å². The normalized spacial score (nSPS) is 10.5. The summed E-state index contributed by atoms with van der Waals surface area (Å²) in [6, 6.07) is 15.7. The van der Waals surface area contributed by atoms with E-state index in [9.17, 15) is 9.59 Å². The maximum absolute atomic E-state index is 11.9. The van der Waals surface area contributed by atoms with Gasteiger partial charge in [0.05, 0.1) is 0 Å². The first-order valence-electron chi connectivity index (χ1n) is 10.3. The molecule has 0 radical (unpaired) electrons. The molecule has 0 saturated heterocycles. The Bertz CT molecular complexity index is 705. The Morgan fingerprint density at radius 1 is 0.643 bits per heavy atom. The molecule has 0 aromatic heterocycles. The summed E-state index contributed by atoms with van der Waals surface area (Å²) in [5, 5.41) is 5.89. The first-order chi connectivity index (χ1) is 13.5. The van der Waals surface area contributed by atoms with Gasteiger partial charge < -0.3 is 10.6 Å². The van der Waals surface area contributed by atoms with E-state index in [-0.39, 0.29) is 11.8 Å². The summed E-state index contributed by atoms with van der Waals surface area (Å²) in [4.78, 5) is 23.9. The molecule has 2 aromatic carbocycles. The van der Waals surface area contributed by atoms with Crippen LogP contribution < -0.4 is 10.6 Å². The second-order valence-electron chi connectivity index (χ2n) is 7.46. The van der Waals surface area contributed by atoms with Crippen molar-refractivity contribution < 1.29 is 9.59 Å². The Labute approximate surface area is 168 Å². The van der Waals surface area contributed by atoms with Crippen LogP contribution in [-0.4, -0.2) is 11.8 Å². The molecule has 0 aliphatic heterocycles. The molecule has 28 heavy (non-hydrogen) atoms. The van der Waals surface area contributed by atoms with Gasteiger partial charge in [0.15, 0.2) is 0 Å². The zero-order chi connectivity index (χ0) is 20.2. The summed E-state index contributed by atoms with van der Waals surface area (Å²) < 4.78 is 0. The Kier molecular flexibility index (Phi) is 9.26. The van der Waals surface area contributed by atoms with Gasteiger partial charge in [-0.15, -0.1) is 0 Å². The van der Waals surface area contributed by atoms with Crippen LogP contribution in [0.15, 0.2) is 48.5 Å². The van der Waals surface area contributed by atoms with Crippen molar-refractivity contribution in [3.63, 3.8) is 0 Å². The Hall–Kier alpha value is -2.62. The molecule has 0 fully saturated rings. The average Bonchev–Trinajstić information content (AvgIpc) is 2.64. The lowest BCUT2D eigenvalue weighted by Gasteiger charge is -2.07. The third kappa shape index (κ3) is 8.85. The van der Waals surface area contributed by atoms with Gasteiger partial charge in [-0.3, -0.25) is 9.59 Å². The summed E-state index contributed by atoms with van der Waals surface area (Å²) in [6.07, 6.45) is 7.26. The number of rotatable bonds is 11. The molecule has 4 heteroatoms. The van der Waals surface area contributed by atoms with Gasteiger partial charge in [-0.1, -0.05) is 49.9 Å². The standard InChI is InChI=1S/C24H32N2O2/c1-19-11-9-13-21(17-19)25-23(27)15-7-5-3-4-6-8-16-24(28)26-22-14-10-12-20(2)18-22/h9-14,17-18H,3-8,15-16H2,1-2H3,(H,25,27)(H,26,28). The van der Waals surface area contributed by atoms with Crippen LogP contribution in [0.2, 0.25) is 0 Å². The van der Waals surface area contributed by atoms with Crippen LogP contribution in [0, 0.1) is 13.8 Å². The second-order valence-corrected chi connectivity index (χ2v) is 7.46. The number of benzene rings is 2. The number of carbonyl (C=O) groups is 2. The highest BCUT2D eigenvalue weighted by Gasteiger charge is 2.04. The van der Waals surface area contributed by atoms with Gasteiger partial charge in [0.1, 0.15) is 0 Å². The topological polar surface area (TPSA) is 58.2 Å². The number of anilines is 2. The van der Waals surface area contributed by atoms with Crippen molar-refractivity contribution in [3.05, 3.63) is 59.7 Å². The van der Waals surface area contributed by atoms with Gasteiger partial charge in [0.2, 0.25) is 11.8 Å². The molecule has 0 bridgehead atoms. The Balaban J connectivity index is 1.47. The van der Waals surface area contributed by atoms with E-state index < -0.39 is 0 Å². The van der Waals surface area contributed by atoms with Crippen molar-refractivity contribution in [1.29, 1.82) is 0 Å². The molecule has 0 heterocycles. The van der Waals surface area contributed by atoms with Gasteiger partial charge >= 0.3 is 0 Å². The number of hydrogen-bond donors (Lipinski definition) is 2. The van der Waals surface area contributed by atoms with Crippen molar-refractivity contribution >= 4 is 23.2 Å². The minimum Gasteiger partial charge on any atom is -0.326 e. The molecule has 0 aliphatic rings. The maximum Gasteiger partial charge on any atom is 0.224 e. The molecule has 0 atom stereocenters. The third-order valence-electron chi connectivity index (χ3n) is 4.66. The molecule has 0 unspecified atom stereocenters. The largest absolute Gasteiger partial charge is 0.326 e. The molecular weight excluding hydrogens is 348 g/mol. The minimum atomic E-state index is 0.0819. The summed E-state index contributed by atoms with van der Waals surface area (Å²) in [6.45, 7) is 4.03. The summed E-state index contributed by atoms with van der Waals surface area (Å²) in [5.74, 6) is 0.164. The van der Waals surface area contributed by atoms with Crippen LogP contribution >= 0.6 is 0 Å². The fraction of sp³-hybridized carbons (Fsp3) is 0.417. The van der Waals surface area contributed by atoms with E-state index in [1.54, 1.807) is 0 Å². The number of unbranched alkanes of at least 4 members (excludes halogenated alkanes) is 5. The van der Waals surface area contributed by atoms with Crippen LogP contribution in [-0.2, 0) is 9.59 Å². The lowest BCUT2D eigenvalue weighted by atomic mass is 10.1. The monoisotopic (exact) mass is 380 g/mol. The lowest BCUT2D eigenvalue weighted by molar-refractivity contribution is -0.117. The van der Waals surface area contributed by atoms with Gasteiger partial charge in [-0.05, 0) is 62.1 Å². The molecule has 2 amide bonds. The molecule has 2 aromatic rings. The SMILES string of the molecule is Cc1cccc(NC(=O)CCCCCCCCC(=O)Nc2cccc(C)c2)c1. The predicted octanol–water partition coefficient (Wildman–Crippen LogP) is 6.00. The van der Waals surface area contributed by atoms with Gasteiger partial charge in [0.25, 0.3) is 0 Å². The highest BCUT2D eigenvalue weighted by atomic mass is 16.2. The van der Waals surface area contributed by atoms with E-state index >= 15 is 0 Å². The number of nitrogens with one attached hydrogen (secondary N) is 2. The van der Waals surface area contributed by atoms with Crippen molar-refractivity contribution in [3.8, 4) is 0 Å². The van der Waals surface area contributed by atoms with Crippen molar-refractivity contribution in [1.82, 2.24) is 0 Å². The number of aryl methyl sites for hydroxylation is 2. The van der Waals surface area contributed by atoms with Crippen molar-refractivity contribution in [2.45, 2.75) is 65.2 Å². The quantitative estimate of drug-likeness (QED) is 0.470. The average molecular weight is 381 g/mol. The second kappa shape index (κ2) is 12.0. The lowest BCUT2D eigenvalue weighted by Crippen LogP contribution is -2.11. The molecule has 4 nitrogen and oxygen atoms in total. The highest BCUT2D eigenvalue weighted by Crippen LogP contribution is 2.13. The third-order valence-corrected chi connectivity index (χ3v) is 4.66. The highest BCUT2D eigenvalue weighted by molar-refractivity contribution is 5.91. The fourth-order valence-corrected chi connectivity index (χ4v) is 3.17. The predicted molar refractivity (Wildman–Crippen MR) is 117 cm³/mol. The summed E-state index contributed by atoms with van der Waals surface area (Å²) in [5.41, 5.74) is 4.03. The van der Waals surface area contributed by atoms with Gasteiger partial charge in [0, 0.05) is 24.2 Å². The first-order valence-corrected chi connectivity index (χ1v) is 10.3. The zero-order valence-electron chi connectivity index (χ0n) is 17.1. The van der Waals surface area contributed by atoms with E-state index in [1.165, 1.54) is 0 Å². The van der Waals surface area contributed by atoms with Gasteiger partial charge in [-0.25, -0.2) is 0 Å². The van der Waals surface area contributed by atoms with Crippen LogP contribution in [0.3, 0.4) is 0 Å². The summed E-state index contributed by atoms with van der Waals surface area (Å²) >= 11 is 0. The smallest absolute Gasteiger partial charge is 0.224 e. The van der Waals surface area contributed by atoms with Crippen molar-refractivity contribution in [2.24, 2.45) is 0 Å².